The molecule has 0 bridgehead atoms. The van der Waals surface area contributed by atoms with Crippen LogP contribution < -0.4 is 5.73 Å². The molecule has 0 amide bonds. The fourth-order valence-corrected chi connectivity index (χ4v) is 1.85. The van der Waals surface area contributed by atoms with E-state index >= 15 is 0 Å². The van der Waals surface area contributed by atoms with Crippen molar-refractivity contribution in [3.8, 4) is 0 Å². The summed E-state index contributed by atoms with van der Waals surface area (Å²) in [5.74, 6) is 0.138. The molecule has 16 heavy (non-hydrogen) atoms. The van der Waals surface area contributed by atoms with Crippen molar-refractivity contribution in [2.45, 2.75) is 27.2 Å². The topological polar surface area (TPSA) is 60.9 Å². The fraction of sp³-hybridized carbons (Fsp3) is 0.636. The van der Waals surface area contributed by atoms with Crippen molar-refractivity contribution in [3.63, 3.8) is 0 Å². The molecule has 0 aliphatic carbocycles. The van der Waals surface area contributed by atoms with E-state index in [1.165, 1.54) is 0 Å². The fourth-order valence-electron chi connectivity index (χ4n) is 1.38. The second-order valence-electron chi connectivity index (χ2n) is 4.66. The molecule has 0 aromatic carbocycles. The maximum Gasteiger partial charge on any atom is 0.145 e. The minimum atomic E-state index is -0.475. The van der Waals surface area contributed by atoms with Crippen molar-refractivity contribution >= 4 is 21.7 Å². The van der Waals surface area contributed by atoms with Crippen LogP contribution in [0.4, 0.5) is 0 Å². The number of halogens is 1. The Balaban J connectivity index is 2.94. The SMILES string of the molecule is Cc1nn(C)c(CC(=O)C(C)(C)CN)c1Br. The van der Waals surface area contributed by atoms with Crippen LogP contribution in [0.1, 0.15) is 25.2 Å². The summed E-state index contributed by atoms with van der Waals surface area (Å²) in [6, 6.07) is 0. The van der Waals surface area contributed by atoms with Gasteiger partial charge in [0, 0.05) is 19.0 Å². The van der Waals surface area contributed by atoms with E-state index in [-0.39, 0.29) is 5.78 Å². The molecule has 90 valence electrons. The molecule has 0 saturated carbocycles. The number of aromatic nitrogens is 2. The van der Waals surface area contributed by atoms with Crippen LogP contribution >= 0.6 is 15.9 Å². The predicted molar refractivity (Wildman–Crippen MR) is 67.2 cm³/mol. The smallest absolute Gasteiger partial charge is 0.145 e. The van der Waals surface area contributed by atoms with Crippen molar-refractivity contribution in [1.29, 1.82) is 0 Å². The van der Waals surface area contributed by atoms with Gasteiger partial charge in [-0.05, 0) is 22.9 Å². The van der Waals surface area contributed by atoms with Gasteiger partial charge >= 0.3 is 0 Å². The van der Waals surface area contributed by atoms with Crippen molar-refractivity contribution < 1.29 is 4.79 Å². The largest absolute Gasteiger partial charge is 0.329 e. The van der Waals surface area contributed by atoms with E-state index < -0.39 is 5.41 Å². The molecule has 0 aliphatic rings. The molecule has 1 aromatic heterocycles. The van der Waals surface area contributed by atoms with E-state index in [2.05, 4.69) is 21.0 Å². The number of hydrogen-bond acceptors (Lipinski definition) is 3. The summed E-state index contributed by atoms with van der Waals surface area (Å²) in [6.07, 6.45) is 0.363. The summed E-state index contributed by atoms with van der Waals surface area (Å²) < 4.78 is 2.65. The molecule has 0 unspecified atom stereocenters. The molecule has 0 radical (unpaired) electrons. The van der Waals surface area contributed by atoms with Crippen molar-refractivity contribution in [2.75, 3.05) is 6.54 Å². The van der Waals surface area contributed by atoms with E-state index in [0.717, 1.165) is 15.9 Å². The number of aryl methyl sites for hydroxylation is 2. The van der Waals surface area contributed by atoms with Crippen LogP contribution in [-0.4, -0.2) is 22.1 Å². The lowest BCUT2D eigenvalue weighted by Crippen LogP contribution is -2.34. The number of rotatable bonds is 4. The zero-order valence-corrected chi connectivity index (χ0v) is 11.8. The Hall–Kier alpha value is -0.680. The molecule has 0 atom stereocenters. The highest BCUT2D eigenvalue weighted by Crippen LogP contribution is 2.24. The standard InChI is InChI=1S/C11H18BrN3O/c1-7-10(12)8(15(4)14-7)5-9(16)11(2,3)6-13/h5-6,13H2,1-4H3. The van der Waals surface area contributed by atoms with Crippen LogP contribution in [0.5, 0.6) is 0 Å². The van der Waals surface area contributed by atoms with E-state index in [0.29, 0.717) is 13.0 Å². The highest BCUT2D eigenvalue weighted by atomic mass is 79.9. The molecule has 1 rings (SSSR count). The van der Waals surface area contributed by atoms with Crippen LogP contribution in [0.25, 0.3) is 0 Å². The summed E-state index contributed by atoms with van der Waals surface area (Å²) in [6.45, 7) is 6.01. The third-order valence-electron chi connectivity index (χ3n) is 2.85. The molecule has 1 aromatic rings. The molecule has 2 N–H and O–H groups in total. The quantitative estimate of drug-likeness (QED) is 0.915. The Labute approximate surface area is 104 Å². The molecular formula is C11H18BrN3O. The van der Waals surface area contributed by atoms with Gasteiger partial charge in [-0.3, -0.25) is 9.48 Å². The molecule has 5 heteroatoms. The lowest BCUT2D eigenvalue weighted by atomic mass is 9.86. The number of carbonyl (C=O) groups is 1. The van der Waals surface area contributed by atoms with Crippen LogP contribution in [-0.2, 0) is 18.3 Å². The summed E-state index contributed by atoms with van der Waals surface area (Å²) in [5.41, 5.74) is 6.92. The van der Waals surface area contributed by atoms with Gasteiger partial charge in [0.15, 0.2) is 0 Å². The number of ketones is 1. The monoisotopic (exact) mass is 287 g/mol. The van der Waals surface area contributed by atoms with Gasteiger partial charge in [-0.2, -0.15) is 5.10 Å². The average molecular weight is 288 g/mol. The van der Waals surface area contributed by atoms with Gasteiger partial charge in [-0.1, -0.05) is 13.8 Å². The van der Waals surface area contributed by atoms with E-state index in [1.807, 2.05) is 27.8 Å². The van der Waals surface area contributed by atoms with E-state index in [9.17, 15) is 4.79 Å². The molecular weight excluding hydrogens is 270 g/mol. The Morgan fingerprint density at radius 2 is 2.12 bits per heavy atom. The zero-order valence-electron chi connectivity index (χ0n) is 10.2. The van der Waals surface area contributed by atoms with Gasteiger partial charge < -0.3 is 5.73 Å². The molecule has 0 fully saturated rings. The minimum Gasteiger partial charge on any atom is -0.329 e. The second kappa shape index (κ2) is 4.67. The van der Waals surface area contributed by atoms with Gasteiger partial charge in [-0.15, -0.1) is 0 Å². The van der Waals surface area contributed by atoms with Gasteiger partial charge in [0.05, 0.1) is 22.3 Å². The highest BCUT2D eigenvalue weighted by molar-refractivity contribution is 9.10. The molecule has 1 heterocycles. The number of carbonyl (C=O) groups excluding carboxylic acids is 1. The third-order valence-corrected chi connectivity index (χ3v) is 3.89. The maximum absolute atomic E-state index is 12.0. The van der Waals surface area contributed by atoms with Gasteiger partial charge in [0.2, 0.25) is 0 Å². The summed E-state index contributed by atoms with van der Waals surface area (Å²) >= 11 is 3.45. The lowest BCUT2D eigenvalue weighted by molar-refractivity contribution is -0.126. The first kappa shape index (κ1) is 13.4. The Morgan fingerprint density at radius 1 is 1.56 bits per heavy atom. The second-order valence-corrected chi connectivity index (χ2v) is 5.45. The summed E-state index contributed by atoms with van der Waals surface area (Å²) in [7, 11) is 1.84. The van der Waals surface area contributed by atoms with Crippen molar-refractivity contribution in [2.24, 2.45) is 18.2 Å². The number of Topliss-reactive ketones (excluding diaryl/α,β-unsaturated/α-hetero) is 1. The Bertz CT molecular complexity index is 410. The average Bonchev–Trinajstić information content (AvgIpc) is 2.45. The zero-order chi connectivity index (χ0) is 12.5. The number of hydrogen-bond donors (Lipinski definition) is 1. The van der Waals surface area contributed by atoms with Gasteiger partial charge in [0.1, 0.15) is 5.78 Å². The van der Waals surface area contributed by atoms with Crippen LogP contribution in [0.2, 0.25) is 0 Å². The van der Waals surface area contributed by atoms with Gasteiger partial charge in [-0.25, -0.2) is 0 Å². The van der Waals surface area contributed by atoms with Gasteiger partial charge in [0.25, 0.3) is 0 Å². The van der Waals surface area contributed by atoms with E-state index in [1.54, 1.807) is 4.68 Å². The lowest BCUT2D eigenvalue weighted by Gasteiger charge is -2.20. The maximum atomic E-state index is 12.0. The molecule has 0 spiro atoms. The first-order chi connectivity index (χ1) is 7.29. The Morgan fingerprint density at radius 3 is 2.50 bits per heavy atom. The van der Waals surface area contributed by atoms with Crippen LogP contribution in [0.15, 0.2) is 4.47 Å². The summed E-state index contributed by atoms with van der Waals surface area (Å²) in [5, 5.41) is 4.26. The molecule has 0 aliphatic heterocycles. The number of nitrogens with two attached hydrogens (primary N) is 1. The first-order valence-electron chi connectivity index (χ1n) is 5.21. The number of nitrogens with zero attached hydrogens (tertiary/aromatic N) is 2. The third kappa shape index (κ3) is 2.52. The van der Waals surface area contributed by atoms with Crippen molar-refractivity contribution in [3.05, 3.63) is 15.9 Å². The predicted octanol–water partition coefficient (Wildman–Crippen LogP) is 1.59. The highest BCUT2D eigenvalue weighted by Gasteiger charge is 2.27. The van der Waals surface area contributed by atoms with Crippen LogP contribution in [0, 0.1) is 12.3 Å². The normalized spacial score (nSPS) is 11.9. The van der Waals surface area contributed by atoms with Crippen molar-refractivity contribution in [1.82, 2.24) is 9.78 Å². The van der Waals surface area contributed by atoms with E-state index in [4.69, 9.17) is 5.73 Å². The first-order valence-corrected chi connectivity index (χ1v) is 6.00. The van der Waals surface area contributed by atoms with Crippen LogP contribution in [0.3, 0.4) is 0 Å². The Kier molecular flexibility index (Phi) is 3.91. The molecule has 4 nitrogen and oxygen atoms in total. The summed E-state index contributed by atoms with van der Waals surface area (Å²) in [4.78, 5) is 12.0. The molecule has 0 saturated heterocycles. The minimum absolute atomic E-state index is 0.138.